The third kappa shape index (κ3) is 4.21. The Bertz CT molecular complexity index is 1210. The number of hydrogen-bond donors (Lipinski definition) is 1. The molecule has 3 aromatic rings. The molecule has 0 radical (unpaired) electrons. The van der Waals surface area contributed by atoms with Crippen molar-refractivity contribution in [2.24, 2.45) is 0 Å². The second-order valence-corrected chi connectivity index (χ2v) is 8.02. The van der Waals surface area contributed by atoms with Crippen LogP contribution in [0.4, 0.5) is 4.39 Å². The van der Waals surface area contributed by atoms with Crippen molar-refractivity contribution < 1.29 is 23.5 Å². The number of benzene rings is 2. The summed E-state index contributed by atoms with van der Waals surface area (Å²) in [5.74, 6) is -2.15. The maximum atomic E-state index is 13.8. The Kier molecular flexibility index (Phi) is 5.95. The quantitative estimate of drug-likeness (QED) is 0.583. The maximum absolute atomic E-state index is 13.8. The van der Waals surface area contributed by atoms with Gasteiger partial charge >= 0.3 is 5.97 Å². The molecule has 0 aliphatic carbocycles. The molecule has 170 valence electrons. The minimum atomic E-state index is -1.32. The van der Waals surface area contributed by atoms with Crippen LogP contribution in [-0.2, 0) is 29.2 Å². The summed E-state index contributed by atoms with van der Waals surface area (Å²) >= 11 is 0. The van der Waals surface area contributed by atoms with E-state index in [2.05, 4.69) is 10.3 Å². The molecule has 0 bridgehead atoms. The summed E-state index contributed by atoms with van der Waals surface area (Å²) in [5, 5.41) is 2.90. The summed E-state index contributed by atoms with van der Waals surface area (Å²) in [6, 6.07) is 15.2. The second kappa shape index (κ2) is 8.85. The molecule has 1 aliphatic heterocycles. The lowest BCUT2D eigenvalue weighted by atomic mass is 9.93. The number of carbonyl (C=O) groups excluding carboxylic acids is 3. The number of fused-ring (bicyclic) bond motifs is 1. The first-order valence-electron chi connectivity index (χ1n) is 10.4. The fraction of sp³-hybridized carbons (Fsp3) is 0.250. The van der Waals surface area contributed by atoms with E-state index in [1.807, 2.05) is 30.3 Å². The Balaban J connectivity index is 1.70. The number of nitrogens with one attached hydrogen (secondary N) is 1. The number of ether oxygens (including phenoxy) is 1. The zero-order valence-corrected chi connectivity index (χ0v) is 18.2. The molecule has 1 aliphatic rings. The lowest BCUT2D eigenvalue weighted by molar-refractivity contribution is -0.133. The average Bonchev–Trinajstić information content (AvgIpc) is 3.24. The van der Waals surface area contributed by atoms with Gasteiger partial charge < -0.3 is 19.5 Å². The number of aromatic nitrogens is 2. The molecular formula is C24H23FN4O4. The van der Waals surface area contributed by atoms with Crippen LogP contribution in [0.2, 0.25) is 0 Å². The molecule has 2 amide bonds. The normalized spacial score (nSPS) is 17.4. The Hall–Kier alpha value is -4.01. The second-order valence-electron chi connectivity index (χ2n) is 8.02. The smallest absolute Gasteiger partial charge is 0.359 e. The lowest BCUT2D eigenvalue weighted by Gasteiger charge is -2.43. The fourth-order valence-electron chi connectivity index (χ4n) is 3.97. The first kappa shape index (κ1) is 22.2. The van der Waals surface area contributed by atoms with Crippen LogP contribution in [0.25, 0.3) is 0 Å². The van der Waals surface area contributed by atoms with Gasteiger partial charge in [-0.15, -0.1) is 0 Å². The van der Waals surface area contributed by atoms with Crippen LogP contribution in [0.15, 0.2) is 60.9 Å². The van der Waals surface area contributed by atoms with Gasteiger partial charge in [0.2, 0.25) is 5.91 Å². The number of rotatable bonds is 6. The van der Waals surface area contributed by atoms with Crippen LogP contribution in [0.1, 0.15) is 39.0 Å². The monoisotopic (exact) mass is 450 g/mol. The molecule has 0 spiro atoms. The average molecular weight is 450 g/mol. The van der Waals surface area contributed by atoms with Gasteiger partial charge in [-0.1, -0.05) is 42.5 Å². The van der Waals surface area contributed by atoms with Gasteiger partial charge in [0.15, 0.2) is 5.69 Å². The Morgan fingerprint density at radius 2 is 1.88 bits per heavy atom. The predicted octanol–water partition coefficient (Wildman–Crippen LogP) is 2.54. The number of esters is 1. The first-order chi connectivity index (χ1) is 15.8. The van der Waals surface area contributed by atoms with E-state index < -0.39 is 23.2 Å². The van der Waals surface area contributed by atoms with E-state index in [0.29, 0.717) is 5.56 Å². The summed E-state index contributed by atoms with van der Waals surface area (Å²) in [4.78, 5) is 44.5. The van der Waals surface area contributed by atoms with Crippen LogP contribution in [0, 0.1) is 5.82 Å². The van der Waals surface area contributed by atoms with E-state index >= 15 is 0 Å². The zero-order chi connectivity index (χ0) is 23.6. The molecule has 9 heteroatoms. The van der Waals surface area contributed by atoms with Crippen molar-refractivity contribution in [3.05, 3.63) is 89.3 Å². The van der Waals surface area contributed by atoms with E-state index in [1.54, 1.807) is 13.0 Å². The minimum absolute atomic E-state index is 0.0301. The molecule has 0 saturated heterocycles. The third-order valence-electron chi connectivity index (χ3n) is 5.75. The van der Waals surface area contributed by atoms with Gasteiger partial charge in [0.05, 0.1) is 20.0 Å². The summed E-state index contributed by atoms with van der Waals surface area (Å²) in [5.41, 5.74) is 0.00636. The highest BCUT2D eigenvalue weighted by atomic mass is 19.1. The van der Waals surface area contributed by atoms with Crippen LogP contribution in [-0.4, -0.2) is 44.9 Å². The van der Waals surface area contributed by atoms with Crippen molar-refractivity contribution in [2.45, 2.75) is 32.1 Å². The topological polar surface area (TPSA) is 93.5 Å². The predicted molar refractivity (Wildman–Crippen MR) is 117 cm³/mol. The third-order valence-corrected chi connectivity index (χ3v) is 5.75. The number of halogens is 1. The molecule has 0 fully saturated rings. The molecule has 1 atom stereocenters. The largest absolute Gasteiger partial charge is 0.464 e. The van der Waals surface area contributed by atoms with Crippen molar-refractivity contribution in [1.29, 1.82) is 0 Å². The highest BCUT2D eigenvalue weighted by Crippen LogP contribution is 2.31. The van der Waals surface area contributed by atoms with E-state index in [-0.39, 0.29) is 36.9 Å². The number of nitrogens with zero attached hydrogens (tertiary/aromatic N) is 3. The molecular weight excluding hydrogens is 427 g/mol. The minimum Gasteiger partial charge on any atom is -0.464 e. The van der Waals surface area contributed by atoms with Crippen molar-refractivity contribution in [3.63, 3.8) is 0 Å². The maximum Gasteiger partial charge on any atom is 0.359 e. The van der Waals surface area contributed by atoms with Crippen LogP contribution >= 0.6 is 0 Å². The summed E-state index contributed by atoms with van der Waals surface area (Å²) in [7, 11) is 1.20. The lowest BCUT2D eigenvalue weighted by Crippen LogP contribution is -2.63. The highest BCUT2D eigenvalue weighted by molar-refractivity contribution is 6.06. The highest BCUT2D eigenvalue weighted by Gasteiger charge is 2.48. The van der Waals surface area contributed by atoms with E-state index in [4.69, 9.17) is 4.74 Å². The van der Waals surface area contributed by atoms with E-state index in [0.717, 1.165) is 5.56 Å². The zero-order valence-electron chi connectivity index (χ0n) is 18.2. The van der Waals surface area contributed by atoms with Gasteiger partial charge in [-0.2, -0.15) is 0 Å². The van der Waals surface area contributed by atoms with E-state index in [9.17, 15) is 18.8 Å². The van der Waals surface area contributed by atoms with Crippen molar-refractivity contribution in [1.82, 2.24) is 19.8 Å². The van der Waals surface area contributed by atoms with Gasteiger partial charge in [-0.3, -0.25) is 9.59 Å². The molecule has 0 saturated carbocycles. The van der Waals surface area contributed by atoms with Gasteiger partial charge in [-0.05, 0) is 30.2 Å². The summed E-state index contributed by atoms with van der Waals surface area (Å²) < 4.78 is 20.1. The van der Waals surface area contributed by atoms with Gasteiger partial charge in [-0.25, -0.2) is 14.2 Å². The molecule has 4 rings (SSSR count). The number of carbonyl (C=O) groups is 3. The summed E-state index contributed by atoms with van der Waals surface area (Å²) in [6.07, 6.45) is 1.35. The molecule has 33 heavy (non-hydrogen) atoms. The standard InChI is InChI=1S/C24H23FN4O4/c1-24(23(32)26-12-16-7-4-3-5-8-16)14-28-15-27-19(22(31)33-2)20(28)21(30)29(24)13-17-9-6-10-18(25)11-17/h3-11,15H,12-14H2,1-2H3,(H,26,32)/t24-/m0/s1. The number of hydrogen-bond acceptors (Lipinski definition) is 5. The number of methoxy groups -OCH3 is 1. The Labute approximate surface area is 190 Å². The van der Waals surface area contributed by atoms with Gasteiger partial charge in [0, 0.05) is 13.1 Å². The van der Waals surface area contributed by atoms with Crippen LogP contribution in [0.3, 0.4) is 0 Å². The van der Waals surface area contributed by atoms with Crippen molar-refractivity contribution in [2.75, 3.05) is 7.11 Å². The fourth-order valence-corrected chi connectivity index (χ4v) is 3.97. The van der Waals surface area contributed by atoms with Crippen molar-refractivity contribution >= 4 is 17.8 Å². The SMILES string of the molecule is COC(=O)c1ncn2c1C(=O)N(Cc1cccc(F)c1)[C@](C)(C(=O)NCc1ccccc1)C2. The molecule has 1 N–H and O–H groups in total. The van der Waals surface area contributed by atoms with Crippen molar-refractivity contribution in [3.8, 4) is 0 Å². The van der Waals surface area contributed by atoms with Crippen LogP contribution in [0.5, 0.6) is 0 Å². The molecule has 0 unspecified atom stereocenters. The number of amides is 2. The van der Waals surface area contributed by atoms with Gasteiger partial charge in [0.1, 0.15) is 17.1 Å². The molecule has 2 aromatic carbocycles. The summed E-state index contributed by atoms with van der Waals surface area (Å²) in [6.45, 7) is 1.96. The Morgan fingerprint density at radius 3 is 2.58 bits per heavy atom. The van der Waals surface area contributed by atoms with E-state index in [1.165, 1.54) is 41.1 Å². The first-order valence-corrected chi connectivity index (χ1v) is 10.4. The molecule has 2 heterocycles. The van der Waals surface area contributed by atoms with Crippen LogP contribution < -0.4 is 5.32 Å². The number of imidazole rings is 1. The molecule has 8 nitrogen and oxygen atoms in total. The Morgan fingerprint density at radius 1 is 1.15 bits per heavy atom. The van der Waals surface area contributed by atoms with Gasteiger partial charge in [0.25, 0.3) is 5.91 Å². The molecule has 1 aromatic heterocycles.